The minimum Gasteiger partial charge on any atom is -0.480 e. The molecular formula is C32H44N2O9S2. The predicted octanol–water partition coefficient (Wildman–Crippen LogP) is 3.88. The van der Waals surface area contributed by atoms with E-state index in [-0.39, 0.29) is 19.5 Å². The van der Waals surface area contributed by atoms with Gasteiger partial charge in [0.05, 0.1) is 20.2 Å². The second kappa shape index (κ2) is 15.7. The highest BCUT2D eigenvalue weighted by atomic mass is 32.1. The summed E-state index contributed by atoms with van der Waals surface area (Å²) in [6.07, 6.45) is 1.77. The number of Topliss-reactive ketones (excluding diaryl/α,β-unsaturated/α-hetero) is 2. The van der Waals surface area contributed by atoms with E-state index in [1.807, 2.05) is 36.7 Å². The SMILES string of the molecule is CCC(C)(C)C(=O)C(=O)N1Cc2sccc2CC1C(=O)O.CCC(C)(C)C(=O)C(=O)N1Cc2sccc2CC1C(=O)OC.CO. The van der Waals surface area contributed by atoms with Gasteiger partial charge in [-0.1, -0.05) is 41.5 Å². The summed E-state index contributed by atoms with van der Waals surface area (Å²) in [5.74, 6) is -3.80. The molecule has 2 atom stereocenters. The van der Waals surface area contributed by atoms with Crippen LogP contribution >= 0.6 is 22.7 Å². The molecule has 0 fully saturated rings. The number of carbonyl (C=O) groups is 6. The van der Waals surface area contributed by atoms with Crippen LogP contribution in [0, 0.1) is 10.8 Å². The van der Waals surface area contributed by atoms with Gasteiger partial charge in [0.1, 0.15) is 12.1 Å². The van der Waals surface area contributed by atoms with Gasteiger partial charge in [0.15, 0.2) is 0 Å². The van der Waals surface area contributed by atoms with E-state index in [1.165, 1.54) is 39.6 Å². The number of hydrogen-bond donors (Lipinski definition) is 2. The molecule has 2 aromatic rings. The molecule has 2 amide bonds. The highest BCUT2D eigenvalue weighted by molar-refractivity contribution is 7.10. The number of rotatable bonds is 8. The topological polar surface area (TPSA) is 159 Å². The third-order valence-corrected chi connectivity index (χ3v) is 10.4. The number of aliphatic hydroxyl groups excluding tert-OH is 1. The molecule has 13 heteroatoms. The predicted molar refractivity (Wildman–Crippen MR) is 171 cm³/mol. The fraction of sp³-hybridized carbons (Fsp3) is 0.562. The third kappa shape index (κ3) is 8.44. The van der Waals surface area contributed by atoms with Crippen molar-refractivity contribution >= 4 is 58.0 Å². The Labute approximate surface area is 272 Å². The Morgan fingerprint density at radius 3 is 1.51 bits per heavy atom. The van der Waals surface area contributed by atoms with Crippen LogP contribution in [0.4, 0.5) is 0 Å². The van der Waals surface area contributed by atoms with Gasteiger partial charge in [-0.05, 0) is 46.9 Å². The van der Waals surface area contributed by atoms with Crippen molar-refractivity contribution in [1.82, 2.24) is 9.80 Å². The number of aliphatic carboxylic acids is 1. The summed E-state index contributed by atoms with van der Waals surface area (Å²) in [5, 5.41) is 20.2. The zero-order chi connectivity index (χ0) is 34.3. The molecule has 2 aliphatic rings. The lowest BCUT2D eigenvalue weighted by atomic mass is 9.84. The van der Waals surface area contributed by atoms with Crippen LogP contribution in [-0.4, -0.2) is 81.6 Å². The summed E-state index contributed by atoms with van der Waals surface area (Å²) < 4.78 is 4.81. The van der Waals surface area contributed by atoms with Gasteiger partial charge in [-0.3, -0.25) is 19.2 Å². The van der Waals surface area contributed by atoms with E-state index in [2.05, 4.69) is 0 Å². The zero-order valence-corrected chi connectivity index (χ0v) is 28.8. The minimum atomic E-state index is -1.07. The van der Waals surface area contributed by atoms with Gasteiger partial charge in [0.2, 0.25) is 11.6 Å². The molecule has 0 aliphatic carbocycles. The second-order valence-corrected chi connectivity index (χ2v) is 14.0. The maximum absolute atomic E-state index is 12.6. The number of esters is 1. The van der Waals surface area contributed by atoms with E-state index in [0.29, 0.717) is 19.3 Å². The first-order chi connectivity index (χ1) is 21.1. The van der Waals surface area contributed by atoms with E-state index >= 15 is 0 Å². The number of methoxy groups -OCH3 is 1. The summed E-state index contributed by atoms with van der Waals surface area (Å²) in [7, 11) is 2.30. The summed E-state index contributed by atoms with van der Waals surface area (Å²) in [6.45, 7) is 11.1. The number of amides is 2. The number of carboxylic acids is 1. The first kappa shape index (κ1) is 37.8. The van der Waals surface area contributed by atoms with E-state index < -0.39 is 58.2 Å². The molecule has 2 unspecified atom stereocenters. The van der Waals surface area contributed by atoms with Crippen LogP contribution in [-0.2, 0) is 59.4 Å². The highest BCUT2D eigenvalue weighted by Gasteiger charge is 2.43. The van der Waals surface area contributed by atoms with Crippen molar-refractivity contribution in [3.8, 4) is 0 Å². The Hall–Kier alpha value is -3.42. The Bertz CT molecular complexity index is 1410. The monoisotopic (exact) mass is 664 g/mol. The molecule has 2 aromatic heterocycles. The van der Waals surface area contributed by atoms with Crippen LogP contribution in [0.3, 0.4) is 0 Å². The number of fused-ring (bicyclic) bond motifs is 2. The Morgan fingerprint density at radius 2 is 1.16 bits per heavy atom. The molecule has 11 nitrogen and oxygen atoms in total. The maximum atomic E-state index is 12.6. The van der Waals surface area contributed by atoms with E-state index in [0.717, 1.165) is 28.0 Å². The minimum absolute atomic E-state index is 0.203. The smallest absolute Gasteiger partial charge is 0.328 e. The molecule has 45 heavy (non-hydrogen) atoms. The standard InChI is InChI=1S/C16H21NO4S.C15H19NO4S.CH4O/c1-5-16(2,3)13(18)14(19)17-9-12-10(6-7-22-12)8-11(17)15(20)21-4;1-4-15(2,3)12(17)13(18)16-8-11-9(5-6-21-11)7-10(16)14(19)20;1-2/h6-7,11H,5,8-9H2,1-4H3;5-6,10H,4,7-8H2,1-3H3,(H,19,20);2H,1H3. The van der Waals surface area contributed by atoms with Crippen LogP contribution in [0.25, 0.3) is 0 Å². The molecule has 0 radical (unpaired) electrons. The first-order valence-electron chi connectivity index (χ1n) is 14.7. The van der Waals surface area contributed by atoms with Gasteiger partial charge in [-0.25, -0.2) is 9.59 Å². The van der Waals surface area contributed by atoms with Crippen molar-refractivity contribution in [3.63, 3.8) is 0 Å². The van der Waals surface area contributed by atoms with Crippen LogP contribution in [0.1, 0.15) is 75.3 Å². The molecule has 4 heterocycles. The fourth-order valence-corrected chi connectivity index (χ4v) is 6.52. The lowest BCUT2D eigenvalue weighted by Crippen LogP contribution is -2.53. The second-order valence-electron chi connectivity index (χ2n) is 12.0. The average Bonchev–Trinajstić information content (AvgIpc) is 3.71. The van der Waals surface area contributed by atoms with Crippen LogP contribution in [0.5, 0.6) is 0 Å². The van der Waals surface area contributed by atoms with E-state index in [1.54, 1.807) is 27.7 Å². The summed E-state index contributed by atoms with van der Waals surface area (Å²) in [6, 6.07) is 2.15. The van der Waals surface area contributed by atoms with Crippen molar-refractivity contribution in [1.29, 1.82) is 0 Å². The number of ketones is 2. The lowest BCUT2D eigenvalue weighted by molar-refractivity contribution is -0.159. The lowest BCUT2D eigenvalue weighted by Gasteiger charge is -2.35. The van der Waals surface area contributed by atoms with E-state index in [4.69, 9.17) is 9.84 Å². The van der Waals surface area contributed by atoms with Crippen molar-refractivity contribution in [3.05, 3.63) is 43.8 Å². The number of nitrogens with zero attached hydrogens (tertiary/aromatic N) is 2. The Kier molecular flexibility index (Phi) is 13.2. The number of ether oxygens (including phenoxy) is 1. The normalized spacial score (nSPS) is 17.4. The molecule has 2 aliphatic heterocycles. The number of carbonyl (C=O) groups excluding carboxylic acids is 5. The zero-order valence-electron chi connectivity index (χ0n) is 27.2. The third-order valence-electron chi connectivity index (χ3n) is 8.55. The molecule has 4 rings (SSSR count). The molecule has 2 N–H and O–H groups in total. The summed E-state index contributed by atoms with van der Waals surface area (Å²) >= 11 is 3.02. The number of hydrogen-bond acceptors (Lipinski definition) is 10. The Balaban J connectivity index is 0.000000297. The van der Waals surface area contributed by atoms with Crippen molar-refractivity contribution in [2.24, 2.45) is 10.8 Å². The highest BCUT2D eigenvalue weighted by Crippen LogP contribution is 2.32. The largest absolute Gasteiger partial charge is 0.480 e. The molecule has 0 saturated carbocycles. The number of carboxylic acid groups (broad SMARTS) is 1. The number of aliphatic hydroxyl groups is 1. The molecule has 0 bridgehead atoms. The Morgan fingerprint density at radius 1 is 0.778 bits per heavy atom. The van der Waals surface area contributed by atoms with E-state index in [9.17, 15) is 33.9 Å². The molecule has 0 aromatic carbocycles. The van der Waals surface area contributed by atoms with Gasteiger partial charge in [0.25, 0.3) is 11.8 Å². The van der Waals surface area contributed by atoms with Gasteiger partial charge < -0.3 is 24.7 Å². The summed E-state index contributed by atoms with van der Waals surface area (Å²) in [5.41, 5.74) is 0.508. The van der Waals surface area contributed by atoms with Gasteiger partial charge in [0, 0.05) is 40.5 Å². The van der Waals surface area contributed by atoms with Gasteiger partial charge in [-0.2, -0.15) is 0 Å². The quantitative estimate of drug-likeness (QED) is 0.316. The molecular weight excluding hydrogens is 620 g/mol. The first-order valence-corrected chi connectivity index (χ1v) is 16.4. The molecule has 248 valence electrons. The maximum Gasteiger partial charge on any atom is 0.328 e. The van der Waals surface area contributed by atoms with Crippen LogP contribution in [0.15, 0.2) is 22.9 Å². The van der Waals surface area contributed by atoms with Crippen molar-refractivity contribution in [2.75, 3.05) is 14.2 Å². The summed E-state index contributed by atoms with van der Waals surface area (Å²) in [4.78, 5) is 77.9. The number of thiophene rings is 2. The van der Waals surface area contributed by atoms with Crippen molar-refractivity contribution < 1.29 is 43.7 Å². The van der Waals surface area contributed by atoms with Crippen LogP contribution in [0.2, 0.25) is 0 Å². The van der Waals surface area contributed by atoms with Crippen molar-refractivity contribution in [2.45, 2.75) is 92.4 Å². The average molecular weight is 665 g/mol. The van der Waals surface area contributed by atoms with Crippen LogP contribution < -0.4 is 0 Å². The molecule has 0 spiro atoms. The van der Waals surface area contributed by atoms with Gasteiger partial charge in [-0.15, -0.1) is 22.7 Å². The van der Waals surface area contributed by atoms with Gasteiger partial charge >= 0.3 is 11.9 Å². The fourth-order valence-electron chi connectivity index (χ4n) is 4.70. The molecule has 0 saturated heterocycles.